The van der Waals surface area contributed by atoms with Gasteiger partial charge in [-0.1, -0.05) is 49.4 Å². The number of anilines is 1. The molecule has 0 aliphatic rings. The predicted molar refractivity (Wildman–Crippen MR) is 107 cm³/mol. The molecule has 0 saturated heterocycles. The molecule has 4 rings (SSSR count). The number of nitrogens with zero attached hydrogens (tertiary/aromatic N) is 2. The van der Waals surface area contributed by atoms with Crippen LogP contribution in [0, 0.1) is 0 Å². The second-order valence-electron chi connectivity index (χ2n) is 6.47. The summed E-state index contributed by atoms with van der Waals surface area (Å²) in [5, 5.41) is 3.58. The Labute approximate surface area is 153 Å². The first-order chi connectivity index (χ1) is 12.7. The van der Waals surface area contributed by atoms with Crippen molar-refractivity contribution in [3.05, 3.63) is 78.2 Å². The summed E-state index contributed by atoms with van der Waals surface area (Å²) < 4.78 is 0. The minimum absolute atomic E-state index is 0.237. The summed E-state index contributed by atoms with van der Waals surface area (Å²) in [5.41, 5.74) is 7.33. The molecule has 0 saturated carbocycles. The van der Waals surface area contributed by atoms with Crippen molar-refractivity contribution < 1.29 is 0 Å². The van der Waals surface area contributed by atoms with Crippen LogP contribution in [0.3, 0.4) is 0 Å². The Morgan fingerprint density at radius 1 is 1.08 bits per heavy atom. The van der Waals surface area contributed by atoms with Crippen molar-refractivity contribution in [1.82, 2.24) is 15.0 Å². The smallest absolute Gasteiger partial charge is 0.156 e. The average Bonchev–Trinajstić information content (AvgIpc) is 3.12. The monoisotopic (exact) mass is 342 g/mol. The van der Waals surface area contributed by atoms with Crippen molar-refractivity contribution in [2.24, 2.45) is 0 Å². The van der Waals surface area contributed by atoms with Gasteiger partial charge in [0.2, 0.25) is 0 Å². The van der Waals surface area contributed by atoms with Crippen molar-refractivity contribution in [2.75, 3.05) is 5.32 Å². The van der Waals surface area contributed by atoms with Crippen LogP contribution in [0.1, 0.15) is 31.1 Å². The Morgan fingerprint density at radius 2 is 1.92 bits per heavy atom. The van der Waals surface area contributed by atoms with Gasteiger partial charge in [-0.25, -0.2) is 9.97 Å². The van der Waals surface area contributed by atoms with Gasteiger partial charge in [-0.15, -0.1) is 0 Å². The van der Waals surface area contributed by atoms with Gasteiger partial charge in [0.15, 0.2) is 5.65 Å². The van der Waals surface area contributed by atoms with E-state index >= 15 is 0 Å². The summed E-state index contributed by atoms with van der Waals surface area (Å²) in [6.07, 6.45) is 4.70. The summed E-state index contributed by atoms with van der Waals surface area (Å²) in [5.74, 6) is 0. The number of fused-ring (bicyclic) bond motifs is 1. The first-order valence-corrected chi connectivity index (χ1v) is 8.99. The van der Waals surface area contributed by atoms with Crippen LogP contribution in [0.25, 0.3) is 22.3 Å². The number of benzene rings is 2. The molecule has 4 nitrogen and oxygen atoms in total. The zero-order valence-electron chi connectivity index (χ0n) is 15.0. The van der Waals surface area contributed by atoms with Crippen LogP contribution in [0.2, 0.25) is 0 Å². The molecule has 4 aromatic rings. The van der Waals surface area contributed by atoms with E-state index < -0.39 is 0 Å². The van der Waals surface area contributed by atoms with E-state index in [1.165, 1.54) is 5.56 Å². The van der Waals surface area contributed by atoms with Crippen molar-refractivity contribution >= 4 is 16.9 Å². The van der Waals surface area contributed by atoms with Crippen molar-refractivity contribution in [1.29, 1.82) is 0 Å². The maximum absolute atomic E-state index is 4.75. The molecule has 130 valence electrons. The summed E-state index contributed by atoms with van der Waals surface area (Å²) in [6.45, 7) is 4.27. The lowest BCUT2D eigenvalue weighted by Gasteiger charge is -2.16. The van der Waals surface area contributed by atoms with Crippen LogP contribution < -0.4 is 5.32 Å². The standard InChI is InChI=1S/C22H22N4/c1-3-18-13-23-22-21(26-18)20(14-24-22)17-10-7-11-19(12-17)25-15(2)16-8-5-4-6-9-16/h4-15,25H,3H2,1-2H3,(H,23,24)/t15-/m0/s1. The van der Waals surface area contributed by atoms with Crippen LogP contribution in [0.5, 0.6) is 0 Å². The number of rotatable bonds is 5. The van der Waals surface area contributed by atoms with Gasteiger partial charge in [0.1, 0.15) is 5.52 Å². The molecule has 26 heavy (non-hydrogen) atoms. The minimum atomic E-state index is 0.237. The molecule has 0 fully saturated rings. The molecule has 0 spiro atoms. The maximum atomic E-state index is 4.75. The molecule has 0 unspecified atom stereocenters. The molecular formula is C22H22N4. The van der Waals surface area contributed by atoms with Gasteiger partial charge in [0, 0.05) is 23.5 Å². The zero-order valence-corrected chi connectivity index (χ0v) is 15.0. The van der Waals surface area contributed by atoms with Gasteiger partial charge in [-0.2, -0.15) is 0 Å². The van der Waals surface area contributed by atoms with E-state index in [1.54, 1.807) is 0 Å². The lowest BCUT2D eigenvalue weighted by atomic mass is 10.1. The molecule has 0 aliphatic carbocycles. The molecule has 0 amide bonds. The molecule has 0 radical (unpaired) electrons. The molecule has 0 bridgehead atoms. The number of aryl methyl sites for hydroxylation is 1. The first-order valence-electron chi connectivity index (χ1n) is 8.99. The SMILES string of the molecule is CCc1cnc2[nH]cc(-c3cccc(N[C@@H](C)c4ccccc4)c3)c2n1. The van der Waals surface area contributed by atoms with Gasteiger partial charge >= 0.3 is 0 Å². The van der Waals surface area contributed by atoms with E-state index in [-0.39, 0.29) is 6.04 Å². The highest BCUT2D eigenvalue weighted by atomic mass is 14.9. The van der Waals surface area contributed by atoms with E-state index in [9.17, 15) is 0 Å². The fourth-order valence-electron chi connectivity index (χ4n) is 3.17. The predicted octanol–water partition coefficient (Wildman–Crippen LogP) is 5.36. The van der Waals surface area contributed by atoms with E-state index in [1.807, 2.05) is 18.5 Å². The van der Waals surface area contributed by atoms with Gasteiger partial charge < -0.3 is 10.3 Å². The van der Waals surface area contributed by atoms with E-state index in [4.69, 9.17) is 4.98 Å². The van der Waals surface area contributed by atoms with Gasteiger partial charge in [0.25, 0.3) is 0 Å². The quantitative estimate of drug-likeness (QED) is 0.513. The Bertz CT molecular complexity index is 1020. The van der Waals surface area contributed by atoms with E-state index in [2.05, 4.69) is 77.7 Å². The highest BCUT2D eigenvalue weighted by Gasteiger charge is 2.11. The maximum Gasteiger partial charge on any atom is 0.156 e. The Morgan fingerprint density at radius 3 is 2.73 bits per heavy atom. The van der Waals surface area contributed by atoms with Crippen molar-refractivity contribution in [3.8, 4) is 11.1 Å². The third kappa shape index (κ3) is 3.18. The lowest BCUT2D eigenvalue weighted by Crippen LogP contribution is -2.06. The number of nitrogens with one attached hydrogen (secondary N) is 2. The second kappa shape index (κ2) is 7.00. The van der Waals surface area contributed by atoms with E-state index in [0.717, 1.165) is 40.1 Å². The molecular weight excluding hydrogens is 320 g/mol. The van der Waals surface area contributed by atoms with Crippen molar-refractivity contribution in [3.63, 3.8) is 0 Å². The van der Waals surface area contributed by atoms with Gasteiger partial charge in [-0.05, 0) is 36.6 Å². The van der Waals surface area contributed by atoms with Crippen LogP contribution in [0.15, 0.2) is 67.0 Å². The second-order valence-corrected chi connectivity index (χ2v) is 6.47. The molecule has 2 N–H and O–H groups in total. The van der Waals surface area contributed by atoms with Crippen LogP contribution in [-0.2, 0) is 6.42 Å². The fourth-order valence-corrected chi connectivity index (χ4v) is 3.17. The largest absolute Gasteiger partial charge is 0.379 e. The third-order valence-electron chi connectivity index (χ3n) is 4.65. The molecule has 2 heterocycles. The summed E-state index contributed by atoms with van der Waals surface area (Å²) in [4.78, 5) is 12.5. The summed E-state index contributed by atoms with van der Waals surface area (Å²) in [6, 6.07) is 19.2. The first kappa shape index (κ1) is 16.3. The average molecular weight is 342 g/mol. The molecule has 0 aliphatic heterocycles. The topological polar surface area (TPSA) is 53.6 Å². The molecule has 2 aromatic heterocycles. The number of H-pyrrole nitrogens is 1. The van der Waals surface area contributed by atoms with Crippen LogP contribution in [0.4, 0.5) is 5.69 Å². The number of hydrogen-bond donors (Lipinski definition) is 2. The Kier molecular flexibility index (Phi) is 4.40. The third-order valence-corrected chi connectivity index (χ3v) is 4.65. The van der Waals surface area contributed by atoms with Gasteiger partial charge in [-0.3, -0.25) is 0 Å². The molecule has 1 atom stereocenters. The molecule has 2 aromatic carbocycles. The highest BCUT2D eigenvalue weighted by Crippen LogP contribution is 2.29. The number of hydrogen-bond acceptors (Lipinski definition) is 3. The highest BCUT2D eigenvalue weighted by molar-refractivity contribution is 5.91. The Hall–Kier alpha value is -3.14. The van der Waals surface area contributed by atoms with Crippen LogP contribution in [-0.4, -0.2) is 15.0 Å². The fraction of sp³-hybridized carbons (Fsp3) is 0.182. The van der Waals surface area contributed by atoms with Crippen molar-refractivity contribution in [2.45, 2.75) is 26.3 Å². The molecule has 4 heteroatoms. The van der Waals surface area contributed by atoms with Gasteiger partial charge in [0.05, 0.1) is 11.9 Å². The normalized spacial score (nSPS) is 12.2. The minimum Gasteiger partial charge on any atom is -0.379 e. The lowest BCUT2D eigenvalue weighted by molar-refractivity contribution is 0.885. The number of aromatic nitrogens is 3. The van der Waals surface area contributed by atoms with Crippen LogP contribution >= 0.6 is 0 Å². The zero-order chi connectivity index (χ0) is 17.9. The Balaban J connectivity index is 1.66. The summed E-state index contributed by atoms with van der Waals surface area (Å²) >= 11 is 0. The number of aromatic amines is 1. The van der Waals surface area contributed by atoms with E-state index in [0.29, 0.717) is 0 Å². The summed E-state index contributed by atoms with van der Waals surface area (Å²) in [7, 11) is 0.